The Kier molecular flexibility index (Phi) is 9.30. The molecule has 5 rings (SSSR count). The number of aliphatic hydroxyl groups excluding tert-OH is 5. The smallest absolute Gasteiger partial charge is 0.335 e. The van der Waals surface area contributed by atoms with E-state index in [0.717, 1.165) is 18.2 Å². The minimum absolute atomic E-state index is 0.0159. The summed E-state index contributed by atoms with van der Waals surface area (Å²) in [6, 6.07) is 5.97. The van der Waals surface area contributed by atoms with Crippen LogP contribution < -0.4 is 19.6 Å². The van der Waals surface area contributed by atoms with Crippen LogP contribution in [0, 0.1) is 0 Å². The fourth-order valence-corrected chi connectivity index (χ4v) is 5.19. The molecule has 2 aliphatic rings. The molecule has 250 valence electrons. The van der Waals surface area contributed by atoms with Gasteiger partial charge in [-0.15, -0.1) is 0 Å². The Morgan fingerprint density at radius 3 is 2.04 bits per heavy atom. The van der Waals surface area contributed by atoms with Crippen molar-refractivity contribution in [3.8, 4) is 40.1 Å². The molecule has 10 atom stereocenters. The summed E-state index contributed by atoms with van der Waals surface area (Å²) in [5, 5.41) is 82.3. The summed E-state index contributed by atoms with van der Waals surface area (Å²) in [6.07, 6.45) is -17.6. The van der Waals surface area contributed by atoms with Crippen molar-refractivity contribution >= 4 is 16.9 Å². The molecule has 46 heavy (non-hydrogen) atoms. The van der Waals surface area contributed by atoms with Crippen molar-refractivity contribution in [2.75, 3.05) is 14.2 Å². The van der Waals surface area contributed by atoms with E-state index in [1.54, 1.807) is 0 Å². The highest BCUT2D eigenvalue weighted by Gasteiger charge is 2.53. The second-order valence-electron chi connectivity index (χ2n) is 10.7. The molecule has 0 amide bonds. The molecule has 2 aromatic carbocycles. The van der Waals surface area contributed by atoms with Crippen LogP contribution in [0.5, 0.6) is 28.7 Å². The van der Waals surface area contributed by atoms with Crippen LogP contribution in [0.4, 0.5) is 0 Å². The van der Waals surface area contributed by atoms with Gasteiger partial charge in [0.2, 0.25) is 12.0 Å². The summed E-state index contributed by atoms with van der Waals surface area (Å²) in [7, 11) is 2.61. The maximum Gasteiger partial charge on any atom is 0.335 e. The molecule has 0 radical (unpaired) electrons. The SMILES string of the molecule is COc1cc(-c2cc(=O)c3c(O)cc(OC4O[C@H](C(=O)O)[C@H](O[C@@H]5O[C@@H](C)[C@H](O)[C@@H](O)[C@H]5O)[C@H](O)[C@H]4O)cc3o2)cc(OC)c1O. The molecule has 17 nitrogen and oxygen atoms in total. The first-order valence-electron chi connectivity index (χ1n) is 13.8. The van der Waals surface area contributed by atoms with E-state index in [9.17, 15) is 50.4 Å². The number of hydrogen-bond donors (Lipinski definition) is 8. The van der Waals surface area contributed by atoms with E-state index < -0.39 is 78.6 Å². The van der Waals surface area contributed by atoms with Gasteiger partial charge in [0.05, 0.1) is 20.3 Å². The standard InChI is InChI=1S/C29H32O17/c1-9-19(32)21(34)23(36)28(42-9)45-25-22(35)24(37)29(46-26(25)27(38)39)43-11-6-12(30)18-13(31)8-14(44-15(18)7-11)10-4-16(40-2)20(33)17(5-10)41-3/h4-9,19,21-26,28-30,32-37H,1-3H3,(H,38,39)/t9-,19-,21+,22+,23+,24+,25+,26-,28-,29?/m0/s1. The lowest BCUT2D eigenvalue weighted by Gasteiger charge is -2.44. The molecule has 2 saturated heterocycles. The summed E-state index contributed by atoms with van der Waals surface area (Å²) in [4.78, 5) is 25.1. The first-order chi connectivity index (χ1) is 21.7. The highest BCUT2D eigenvalue weighted by Crippen LogP contribution is 2.41. The summed E-state index contributed by atoms with van der Waals surface area (Å²) in [6.45, 7) is 1.36. The average molecular weight is 653 g/mol. The van der Waals surface area contributed by atoms with Crippen molar-refractivity contribution in [2.45, 2.75) is 68.3 Å². The molecule has 3 heterocycles. The molecule has 3 aromatic rings. The Morgan fingerprint density at radius 1 is 0.804 bits per heavy atom. The van der Waals surface area contributed by atoms with Crippen LogP contribution >= 0.6 is 0 Å². The molecule has 1 unspecified atom stereocenters. The molecule has 2 fully saturated rings. The van der Waals surface area contributed by atoms with Gasteiger partial charge in [-0.25, -0.2) is 4.79 Å². The van der Waals surface area contributed by atoms with Crippen LogP contribution in [-0.2, 0) is 19.0 Å². The second kappa shape index (κ2) is 12.9. The number of aliphatic carboxylic acids is 1. The number of aromatic hydroxyl groups is 2. The predicted molar refractivity (Wildman–Crippen MR) is 151 cm³/mol. The van der Waals surface area contributed by atoms with E-state index >= 15 is 0 Å². The van der Waals surface area contributed by atoms with Crippen molar-refractivity contribution in [1.82, 2.24) is 0 Å². The zero-order valence-corrected chi connectivity index (χ0v) is 24.4. The van der Waals surface area contributed by atoms with Gasteiger partial charge in [-0.1, -0.05) is 0 Å². The number of hydrogen-bond acceptors (Lipinski definition) is 16. The maximum atomic E-state index is 13.0. The fraction of sp³-hybridized carbons (Fsp3) is 0.448. The van der Waals surface area contributed by atoms with Crippen molar-refractivity contribution in [3.05, 3.63) is 40.6 Å². The van der Waals surface area contributed by atoms with E-state index in [1.807, 2.05) is 0 Å². The summed E-state index contributed by atoms with van der Waals surface area (Å²) in [5.41, 5.74) is -0.617. The maximum absolute atomic E-state index is 13.0. The molecular formula is C29H32O17. The van der Waals surface area contributed by atoms with E-state index in [1.165, 1.54) is 33.3 Å². The van der Waals surface area contributed by atoms with Crippen molar-refractivity contribution < 1.29 is 78.5 Å². The highest BCUT2D eigenvalue weighted by atomic mass is 16.7. The van der Waals surface area contributed by atoms with E-state index in [2.05, 4.69) is 0 Å². The normalized spacial score (nSPS) is 31.4. The Labute approximate surface area is 258 Å². The van der Waals surface area contributed by atoms with E-state index in [0.29, 0.717) is 0 Å². The third-order valence-corrected chi connectivity index (χ3v) is 7.69. The molecule has 17 heteroatoms. The Bertz CT molecular complexity index is 1630. The first-order valence-corrected chi connectivity index (χ1v) is 13.8. The lowest BCUT2D eigenvalue weighted by molar-refractivity contribution is -0.344. The van der Waals surface area contributed by atoms with Gasteiger partial charge in [-0.2, -0.15) is 0 Å². The molecule has 0 saturated carbocycles. The number of carboxylic acid groups (broad SMARTS) is 1. The summed E-state index contributed by atoms with van der Waals surface area (Å²) >= 11 is 0. The van der Waals surface area contributed by atoms with Gasteiger partial charge >= 0.3 is 5.97 Å². The number of ether oxygens (including phenoxy) is 6. The summed E-state index contributed by atoms with van der Waals surface area (Å²) < 4.78 is 37.9. The van der Waals surface area contributed by atoms with Crippen LogP contribution in [0.3, 0.4) is 0 Å². The van der Waals surface area contributed by atoms with Crippen LogP contribution in [0.25, 0.3) is 22.3 Å². The quantitative estimate of drug-likeness (QED) is 0.145. The Hall–Kier alpha value is -4.20. The van der Waals surface area contributed by atoms with Gasteiger partial charge in [0.25, 0.3) is 0 Å². The van der Waals surface area contributed by atoms with Crippen molar-refractivity contribution in [1.29, 1.82) is 0 Å². The molecule has 0 bridgehead atoms. The number of carbonyl (C=O) groups is 1. The number of phenolic OH excluding ortho intramolecular Hbond substituents is 2. The number of carboxylic acids is 1. The van der Waals surface area contributed by atoms with Crippen LogP contribution in [0.2, 0.25) is 0 Å². The average Bonchev–Trinajstić information content (AvgIpc) is 3.01. The van der Waals surface area contributed by atoms with Crippen LogP contribution in [0.1, 0.15) is 6.92 Å². The van der Waals surface area contributed by atoms with E-state index in [-0.39, 0.29) is 45.3 Å². The fourth-order valence-electron chi connectivity index (χ4n) is 5.19. The van der Waals surface area contributed by atoms with Crippen molar-refractivity contribution in [3.63, 3.8) is 0 Å². The number of rotatable bonds is 8. The first kappa shape index (κ1) is 33.2. The minimum Gasteiger partial charge on any atom is -0.507 e. The van der Waals surface area contributed by atoms with Gasteiger partial charge in [-0.3, -0.25) is 4.79 Å². The Morgan fingerprint density at radius 2 is 1.43 bits per heavy atom. The largest absolute Gasteiger partial charge is 0.507 e. The molecule has 8 N–H and O–H groups in total. The van der Waals surface area contributed by atoms with Gasteiger partial charge in [0.15, 0.2) is 29.3 Å². The number of phenols is 2. The number of methoxy groups -OCH3 is 2. The van der Waals surface area contributed by atoms with Crippen molar-refractivity contribution in [2.24, 2.45) is 0 Å². The number of fused-ring (bicyclic) bond motifs is 1. The molecular weight excluding hydrogens is 620 g/mol. The molecule has 0 aliphatic carbocycles. The van der Waals surface area contributed by atoms with E-state index in [4.69, 9.17) is 32.8 Å². The summed E-state index contributed by atoms with van der Waals surface area (Å²) in [5.74, 6) is -2.83. The van der Waals surface area contributed by atoms with Crippen LogP contribution in [0.15, 0.2) is 39.5 Å². The number of aliphatic hydroxyl groups is 5. The molecule has 0 spiro atoms. The second-order valence-corrected chi connectivity index (χ2v) is 10.7. The highest BCUT2D eigenvalue weighted by molar-refractivity contribution is 5.86. The topological polar surface area (TPSA) is 264 Å². The zero-order chi connectivity index (χ0) is 33.6. The van der Waals surface area contributed by atoms with Gasteiger partial charge < -0.3 is 73.7 Å². The monoisotopic (exact) mass is 652 g/mol. The van der Waals surface area contributed by atoms with Gasteiger partial charge in [-0.05, 0) is 19.1 Å². The number of benzene rings is 2. The third-order valence-electron chi connectivity index (χ3n) is 7.69. The lowest BCUT2D eigenvalue weighted by atomic mass is 9.97. The molecule has 1 aromatic heterocycles. The molecule has 2 aliphatic heterocycles. The predicted octanol–water partition coefficient (Wildman–Crippen LogP) is -0.989. The Balaban J connectivity index is 1.43. The third kappa shape index (κ3) is 6.02. The van der Waals surface area contributed by atoms with Gasteiger partial charge in [0.1, 0.15) is 64.9 Å². The van der Waals surface area contributed by atoms with Gasteiger partial charge in [0, 0.05) is 23.8 Å². The lowest BCUT2D eigenvalue weighted by Crippen LogP contribution is -2.65. The minimum atomic E-state index is -2.02. The zero-order valence-electron chi connectivity index (χ0n) is 24.4. The van der Waals surface area contributed by atoms with Crippen LogP contribution in [-0.4, -0.2) is 122 Å².